The van der Waals surface area contributed by atoms with Gasteiger partial charge in [-0.3, -0.25) is 0 Å². The highest BCUT2D eigenvalue weighted by atomic mass is 32.1. The second kappa shape index (κ2) is 13.5. The average Bonchev–Trinajstić information content (AvgIpc) is 3.78. The van der Waals surface area contributed by atoms with Gasteiger partial charge in [0.15, 0.2) is 0 Å². The zero-order valence-electron chi connectivity index (χ0n) is 22.0. The number of hydrogen-bond acceptors (Lipinski definition) is 10. The molecule has 0 aromatic carbocycles. The molecule has 4 heterocycles. The third-order valence-corrected chi connectivity index (χ3v) is 8.29. The van der Waals surface area contributed by atoms with E-state index in [9.17, 15) is 0 Å². The molecule has 2 N–H and O–H groups in total. The Bertz CT molecular complexity index is 1080. The van der Waals surface area contributed by atoms with Crippen LogP contribution in [0.4, 0.5) is 0 Å². The number of quaternary nitrogens is 2. The lowest BCUT2D eigenvalue weighted by atomic mass is 10.0. The number of carboxylic acids is 2. The van der Waals surface area contributed by atoms with Crippen LogP contribution in [0, 0.1) is 11.8 Å². The summed E-state index contributed by atoms with van der Waals surface area (Å²) in [5.41, 5.74) is 7.77. The van der Waals surface area contributed by atoms with Gasteiger partial charge in [-0.15, -0.1) is 0 Å². The first kappa shape index (κ1) is 28.5. The van der Waals surface area contributed by atoms with Crippen LogP contribution in [0.1, 0.15) is 61.3 Å². The van der Waals surface area contributed by atoms with E-state index in [1.807, 2.05) is 0 Å². The van der Waals surface area contributed by atoms with Crippen molar-refractivity contribution in [2.45, 2.75) is 51.4 Å². The Labute approximate surface area is 231 Å². The molecule has 12 heteroatoms. The summed E-state index contributed by atoms with van der Waals surface area (Å²) in [6.45, 7) is 4.73. The molecule has 0 radical (unpaired) electrons. The summed E-state index contributed by atoms with van der Waals surface area (Å²) in [6, 6.07) is 0. The molecule has 206 valence electrons. The number of aliphatic carboxylic acids is 2. The summed E-state index contributed by atoms with van der Waals surface area (Å²) in [5.74, 6) is -2.57. The Balaban J connectivity index is 0.000000147. The number of likely N-dealkylation sites (N-methyl/N-ethyl adjacent to an activating group) is 2. The monoisotopic (exact) mass is 560 g/mol. The molecule has 6 rings (SSSR count). The zero-order valence-corrected chi connectivity index (χ0v) is 23.7. The van der Waals surface area contributed by atoms with E-state index in [0.717, 1.165) is 37.8 Å². The standard InChI is InChI=1S/2C12H17N3S.C2H2O4/c2*1-15-6-2-3-10(8-15)12-11(13-16-14-12)7-9-4-5-9;3-1(4)2(5)6/h2*3,9H,2,4-8H2,1H3;(H,3,4)(H,5,6). The van der Waals surface area contributed by atoms with E-state index < -0.39 is 11.9 Å². The molecule has 2 unspecified atom stereocenters. The summed E-state index contributed by atoms with van der Waals surface area (Å²) < 4.78 is 18.0. The van der Waals surface area contributed by atoms with E-state index in [2.05, 4.69) is 43.7 Å². The topological polar surface area (TPSA) is 141 Å². The third kappa shape index (κ3) is 8.75. The molecule has 2 aliphatic carbocycles. The number of aromatic nitrogens is 4. The van der Waals surface area contributed by atoms with Crippen molar-refractivity contribution in [3.63, 3.8) is 0 Å². The first-order valence-corrected chi connectivity index (χ1v) is 14.8. The number of carbonyl (C=O) groups is 2. The van der Waals surface area contributed by atoms with Crippen LogP contribution < -0.4 is 20.0 Å². The second-order valence-corrected chi connectivity index (χ2v) is 11.8. The Hall–Kier alpha value is -2.54. The molecule has 0 spiro atoms. The van der Waals surface area contributed by atoms with Gasteiger partial charge in [0.05, 0.1) is 74.0 Å². The van der Waals surface area contributed by atoms with Crippen LogP contribution in [-0.2, 0) is 22.4 Å². The van der Waals surface area contributed by atoms with Crippen LogP contribution in [0.3, 0.4) is 0 Å². The largest absolute Gasteiger partial charge is 0.543 e. The van der Waals surface area contributed by atoms with Crippen LogP contribution in [0.15, 0.2) is 12.2 Å². The minimum Gasteiger partial charge on any atom is -0.543 e. The highest BCUT2D eigenvalue weighted by Crippen LogP contribution is 2.35. The Morgan fingerprint density at radius 1 is 0.763 bits per heavy atom. The van der Waals surface area contributed by atoms with E-state index in [4.69, 9.17) is 19.8 Å². The summed E-state index contributed by atoms with van der Waals surface area (Å²) >= 11 is 2.76. The lowest BCUT2D eigenvalue weighted by Gasteiger charge is -2.19. The molecule has 2 saturated carbocycles. The molecule has 2 fully saturated rings. The summed E-state index contributed by atoms with van der Waals surface area (Å²) in [7, 11) is 4.51. The van der Waals surface area contributed by atoms with Crippen LogP contribution in [0.5, 0.6) is 0 Å². The van der Waals surface area contributed by atoms with Crippen molar-refractivity contribution < 1.29 is 29.6 Å². The van der Waals surface area contributed by atoms with Crippen LogP contribution >= 0.6 is 23.5 Å². The highest BCUT2D eigenvalue weighted by molar-refractivity contribution is 6.99. The molecule has 38 heavy (non-hydrogen) atoms. The maximum atomic E-state index is 8.93. The third-order valence-electron chi connectivity index (χ3n) is 7.15. The van der Waals surface area contributed by atoms with Crippen molar-refractivity contribution in [2.24, 2.45) is 11.8 Å². The second-order valence-electron chi connectivity index (χ2n) is 10.8. The molecule has 2 atom stereocenters. The number of carboxylic acid groups (broad SMARTS) is 2. The van der Waals surface area contributed by atoms with Crippen LogP contribution in [-0.4, -0.2) is 69.7 Å². The fourth-order valence-electron chi connectivity index (χ4n) is 4.68. The molecule has 0 saturated heterocycles. The van der Waals surface area contributed by atoms with Gasteiger partial charge in [-0.2, -0.15) is 17.5 Å². The van der Waals surface area contributed by atoms with Crippen LogP contribution in [0.2, 0.25) is 0 Å². The average molecular weight is 561 g/mol. The Morgan fingerprint density at radius 2 is 1.16 bits per heavy atom. The van der Waals surface area contributed by atoms with Gasteiger partial charge in [-0.05, 0) is 50.4 Å². The minimum absolute atomic E-state index is 0.900. The van der Waals surface area contributed by atoms with Gasteiger partial charge in [-0.1, -0.05) is 12.2 Å². The van der Waals surface area contributed by atoms with Gasteiger partial charge in [0, 0.05) is 24.0 Å². The maximum absolute atomic E-state index is 8.93. The van der Waals surface area contributed by atoms with Crippen molar-refractivity contribution in [3.05, 3.63) is 34.9 Å². The maximum Gasteiger partial charge on any atom is 0.109 e. The van der Waals surface area contributed by atoms with Crippen molar-refractivity contribution >= 4 is 46.5 Å². The van der Waals surface area contributed by atoms with Gasteiger partial charge in [-0.25, -0.2) is 0 Å². The molecule has 2 aromatic heterocycles. The van der Waals surface area contributed by atoms with Gasteiger partial charge < -0.3 is 29.6 Å². The van der Waals surface area contributed by atoms with Crippen molar-refractivity contribution in [3.8, 4) is 0 Å². The molecule has 0 amide bonds. The number of nitrogens with one attached hydrogen (secondary N) is 2. The first-order chi connectivity index (χ1) is 18.3. The SMILES string of the molecule is C[NH+]1CCC=C(c2nsnc2CC2CC2)C1.C[NH+]1CCC=C(c2nsnc2CC2CC2)C1.O=C([O-])C(=O)[O-]. The Kier molecular flexibility index (Phi) is 10.1. The number of carbonyl (C=O) groups excluding carboxylic acids is 2. The molecule has 2 aliphatic heterocycles. The number of nitrogens with zero attached hydrogens (tertiary/aromatic N) is 4. The lowest BCUT2D eigenvalue weighted by Crippen LogP contribution is -3.09. The summed E-state index contributed by atoms with van der Waals surface area (Å²) in [5, 5.41) is 17.9. The van der Waals surface area contributed by atoms with E-state index >= 15 is 0 Å². The van der Waals surface area contributed by atoms with Crippen LogP contribution in [0.25, 0.3) is 11.1 Å². The summed E-state index contributed by atoms with van der Waals surface area (Å²) in [4.78, 5) is 21.0. The zero-order chi connectivity index (χ0) is 27.1. The van der Waals surface area contributed by atoms with E-state index in [1.54, 1.807) is 9.80 Å². The van der Waals surface area contributed by atoms with Crippen molar-refractivity contribution in [2.75, 3.05) is 40.3 Å². The van der Waals surface area contributed by atoms with Gasteiger partial charge in [0.1, 0.15) is 24.5 Å². The molecule has 4 aliphatic rings. The summed E-state index contributed by atoms with van der Waals surface area (Å²) in [6.07, 6.45) is 15.0. The van der Waals surface area contributed by atoms with Gasteiger partial charge >= 0.3 is 0 Å². The van der Waals surface area contributed by atoms with E-state index in [1.165, 1.54) is 109 Å². The van der Waals surface area contributed by atoms with Crippen molar-refractivity contribution in [1.29, 1.82) is 0 Å². The minimum atomic E-state index is -2.19. The fourth-order valence-corrected chi connectivity index (χ4v) is 5.89. The van der Waals surface area contributed by atoms with Gasteiger partial charge in [0.25, 0.3) is 0 Å². The lowest BCUT2D eigenvalue weighted by molar-refractivity contribution is -0.872. The normalized spacial score (nSPS) is 22.7. The quantitative estimate of drug-likeness (QED) is 0.390. The van der Waals surface area contributed by atoms with Crippen molar-refractivity contribution in [1.82, 2.24) is 17.5 Å². The number of rotatable bonds is 6. The predicted octanol–water partition coefficient (Wildman–Crippen LogP) is -1.93. The first-order valence-electron chi connectivity index (χ1n) is 13.4. The highest BCUT2D eigenvalue weighted by Gasteiger charge is 2.27. The molecular formula is C26H36N6O4S2. The molecule has 2 aromatic rings. The fraction of sp³-hybridized carbons (Fsp3) is 0.615. The molecule has 0 bridgehead atoms. The van der Waals surface area contributed by atoms with E-state index in [-0.39, 0.29) is 0 Å². The van der Waals surface area contributed by atoms with Gasteiger partial charge in [0.2, 0.25) is 0 Å². The predicted molar refractivity (Wildman–Crippen MR) is 141 cm³/mol. The number of hydrogen-bond donors (Lipinski definition) is 2. The van der Waals surface area contributed by atoms with E-state index in [0.29, 0.717) is 0 Å². The smallest absolute Gasteiger partial charge is 0.109 e. The Morgan fingerprint density at radius 3 is 1.47 bits per heavy atom. The molecule has 10 nitrogen and oxygen atoms in total. The molecular weight excluding hydrogens is 524 g/mol.